The molecule has 5 rings (SSSR count). The van der Waals surface area contributed by atoms with Crippen LogP contribution in [-0.2, 0) is 41.7 Å². The van der Waals surface area contributed by atoms with Crippen LogP contribution in [0.1, 0.15) is 68.9 Å². The topological polar surface area (TPSA) is 423 Å². The molecule has 3 aliphatic rings. The molecule has 28 nitrogen and oxygen atoms in total. The number of carboxylic acids is 1. The second-order valence-electron chi connectivity index (χ2n) is 18.6. The van der Waals surface area contributed by atoms with Gasteiger partial charge in [-0.1, -0.05) is 60.7 Å². The average Bonchev–Trinajstić information content (AvgIpc) is 4.22. The van der Waals surface area contributed by atoms with E-state index in [0.29, 0.717) is 43.4 Å². The summed E-state index contributed by atoms with van der Waals surface area (Å²) in [6.45, 7) is -0.326. The van der Waals surface area contributed by atoms with Crippen molar-refractivity contribution in [2.24, 2.45) is 17.2 Å². The summed E-state index contributed by atoms with van der Waals surface area (Å²) in [5.41, 5.74) is 20.8. The largest absolute Gasteiger partial charge is 0.480 e. The van der Waals surface area contributed by atoms with Gasteiger partial charge in [-0.2, -0.15) is 0 Å². The maximum atomic E-state index is 14.2. The van der Waals surface area contributed by atoms with Gasteiger partial charge in [0.2, 0.25) is 23.6 Å². The predicted octanol–water partition coefficient (Wildman–Crippen LogP) is -3.33. The van der Waals surface area contributed by atoms with Gasteiger partial charge in [-0.15, -0.1) is 0 Å². The zero-order chi connectivity index (χ0) is 55.3. The Labute approximate surface area is 439 Å². The van der Waals surface area contributed by atoms with Gasteiger partial charge in [0, 0.05) is 45.7 Å². The first-order valence-electron chi connectivity index (χ1n) is 25.3. The van der Waals surface area contributed by atoms with Crippen LogP contribution in [0.4, 0.5) is 9.59 Å². The fraction of sp³-hybridized carbons (Fsp3) is 0.542. The summed E-state index contributed by atoms with van der Waals surface area (Å²) >= 11 is 0. The smallest absolute Gasteiger partial charge is 0.339 e. The van der Waals surface area contributed by atoms with Crippen molar-refractivity contribution < 1.29 is 53.7 Å². The number of urea groups is 2. The Kier molecular flexibility index (Phi) is 22.8. The molecule has 2 aromatic carbocycles. The Morgan fingerprint density at radius 2 is 1.30 bits per heavy atom. The molecule has 0 saturated carbocycles. The number of hydrogen-bond acceptors (Lipinski definition) is 14. The number of aliphatic hydroxyl groups excluding tert-OH is 2. The molecule has 18 N–H and O–H groups in total. The summed E-state index contributed by atoms with van der Waals surface area (Å²) < 4.78 is 0. The van der Waals surface area contributed by atoms with Gasteiger partial charge in [0.05, 0.1) is 31.8 Å². The molecule has 0 spiro atoms. The molecule has 0 bridgehead atoms. The van der Waals surface area contributed by atoms with Crippen molar-refractivity contribution in [3.63, 3.8) is 0 Å². The van der Waals surface area contributed by atoms with E-state index in [1.807, 2.05) is 0 Å². The van der Waals surface area contributed by atoms with Crippen molar-refractivity contribution in [1.29, 1.82) is 10.8 Å². The number of likely N-dealkylation sites (tertiary alicyclic amines) is 2. The highest BCUT2D eigenvalue weighted by molar-refractivity contribution is 5.95. The zero-order valence-electron chi connectivity index (χ0n) is 42.3. The first-order chi connectivity index (χ1) is 36.4. The molecule has 3 saturated heterocycles. The molecule has 28 heteroatoms. The van der Waals surface area contributed by atoms with Crippen molar-refractivity contribution in [3.05, 3.63) is 71.8 Å². The van der Waals surface area contributed by atoms with E-state index < -0.39 is 103 Å². The van der Waals surface area contributed by atoms with Crippen LogP contribution in [0.5, 0.6) is 0 Å². The predicted molar refractivity (Wildman–Crippen MR) is 274 cm³/mol. The number of carbonyl (C=O) groups is 8. The lowest BCUT2D eigenvalue weighted by Gasteiger charge is -2.35. The molecule has 3 fully saturated rings. The third-order valence-corrected chi connectivity index (χ3v) is 13.0. The van der Waals surface area contributed by atoms with Crippen LogP contribution in [0.15, 0.2) is 60.7 Å². The number of rotatable bonds is 26. The first-order valence-corrected chi connectivity index (χ1v) is 25.3. The van der Waals surface area contributed by atoms with Gasteiger partial charge in [0.1, 0.15) is 30.4 Å². The highest BCUT2D eigenvalue weighted by atomic mass is 16.4. The van der Waals surface area contributed by atoms with Crippen LogP contribution in [0.25, 0.3) is 0 Å². The van der Waals surface area contributed by atoms with Crippen LogP contribution >= 0.6 is 0 Å². The molecule has 416 valence electrons. The molecule has 0 aliphatic carbocycles. The number of carbonyl (C=O) groups excluding carboxylic acids is 7. The SMILES string of the molecule is N=C(N)NCCC[C@H](N)C(=O)N1CCCN1C(=O)N1CCC[C@H]1C(=O)NCC(=O)N[C@@H](Cc1ccccc1)C(=O)N[C@@H](CO)C(=O)N1CCC[C@H]1C(O)NN(Cc1ccccc1)C(=O)N[C@H](CCCNC(=N)N)C(=O)O. The normalized spacial score (nSPS) is 18.1. The minimum Gasteiger partial charge on any atom is -0.480 e. The number of hydrogen-bond donors (Lipinski definition) is 15. The number of guanidine groups is 2. The second kappa shape index (κ2) is 29.3. The van der Waals surface area contributed by atoms with Gasteiger partial charge in [0.15, 0.2) is 11.9 Å². The second-order valence-corrected chi connectivity index (χ2v) is 18.6. The summed E-state index contributed by atoms with van der Waals surface area (Å²) in [7, 11) is 0. The van der Waals surface area contributed by atoms with E-state index in [0.717, 1.165) is 5.01 Å². The van der Waals surface area contributed by atoms with Crippen LogP contribution in [0.2, 0.25) is 0 Å². The Hall–Kier alpha value is -7.82. The van der Waals surface area contributed by atoms with Crippen LogP contribution in [0.3, 0.4) is 0 Å². The number of amides is 9. The van der Waals surface area contributed by atoms with Crippen LogP contribution in [0, 0.1) is 10.8 Å². The molecule has 2 aromatic rings. The lowest BCUT2D eigenvalue weighted by molar-refractivity contribution is -0.142. The summed E-state index contributed by atoms with van der Waals surface area (Å²) in [5, 5.41) is 65.5. The molecular formula is C48H73N17O11. The standard InChI is InChI=1S/C48H73N17O11/c49-32(16-7-20-54-45(50)51)42(71)64-24-11-25-65(64)48(76)62-23-10-18-36(62)40(69)56-27-38(67)57-34(26-30-12-3-1-4-13-30)39(68)58-35(29-66)43(72)61-22-9-19-37(61)41(70)60-63(28-31-14-5-2-6-15-31)47(75)59-33(44(73)74)17-8-21-55-46(52)53/h1-6,12-15,32-37,41,60,66,70H,7-11,16-29,49H2,(H,56,69)(H,57,67)(H,58,68)(H,59,75)(H,73,74)(H4,50,51,54)(H4,52,53,55)/t32-,33+,34-,35-,36-,37-,41?/m0/s1. The molecule has 0 aromatic heterocycles. The number of nitrogens with two attached hydrogens (primary N) is 3. The van der Waals surface area contributed by atoms with Crippen molar-refractivity contribution in [2.45, 2.75) is 113 Å². The highest BCUT2D eigenvalue weighted by Gasteiger charge is 2.42. The Bertz CT molecular complexity index is 2340. The average molecular weight is 1060 g/mol. The van der Waals surface area contributed by atoms with Gasteiger partial charge >= 0.3 is 18.0 Å². The highest BCUT2D eigenvalue weighted by Crippen LogP contribution is 2.24. The molecule has 3 heterocycles. The molecule has 9 amide bonds. The first kappa shape index (κ1) is 59.1. The number of carboxylic acid groups (broad SMARTS) is 1. The fourth-order valence-corrected chi connectivity index (χ4v) is 9.16. The van der Waals surface area contributed by atoms with Gasteiger partial charge in [0.25, 0.3) is 5.91 Å². The maximum absolute atomic E-state index is 14.2. The molecule has 0 radical (unpaired) electrons. The van der Waals surface area contributed by atoms with Gasteiger partial charge < -0.3 is 74.2 Å². The van der Waals surface area contributed by atoms with E-state index >= 15 is 0 Å². The fourth-order valence-electron chi connectivity index (χ4n) is 9.16. The quantitative estimate of drug-likeness (QED) is 0.0144. The van der Waals surface area contributed by atoms with Crippen molar-refractivity contribution in [1.82, 2.24) is 62.2 Å². The number of aliphatic hydroxyl groups is 2. The van der Waals surface area contributed by atoms with Crippen molar-refractivity contribution in [3.8, 4) is 0 Å². The maximum Gasteiger partial charge on any atom is 0.339 e. The summed E-state index contributed by atoms with van der Waals surface area (Å²) in [6, 6.07) is 8.65. The Morgan fingerprint density at radius 1 is 0.697 bits per heavy atom. The molecule has 3 aliphatic heterocycles. The Morgan fingerprint density at radius 3 is 1.93 bits per heavy atom. The lowest BCUT2D eigenvalue weighted by atomic mass is 10.0. The third kappa shape index (κ3) is 17.4. The summed E-state index contributed by atoms with van der Waals surface area (Å²) in [6.07, 6.45) is 1.12. The number of nitrogens with one attached hydrogen (secondary N) is 9. The molecule has 76 heavy (non-hydrogen) atoms. The van der Waals surface area contributed by atoms with E-state index in [-0.39, 0.29) is 89.7 Å². The molecular weight excluding hydrogens is 991 g/mol. The van der Waals surface area contributed by atoms with Gasteiger partial charge in [-0.3, -0.25) is 39.8 Å². The zero-order valence-corrected chi connectivity index (χ0v) is 42.3. The lowest BCUT2D eigenvalue weighted by Crippen LogP contribution is -2.61. The summed E-state index contributed by atoms with van der Waals surface area (Å²) in [5.74, 6) is -5.34. The number of benzene rings is 2. The number of hydrazine groups is 2. The van der Waals surface area contributed by atoms with E-state index in [2.05, 4.69) is 37.3 Å². The minimum absolute atomic E-state index is 0.0234. The number of aliphatic carboxylic acids is 1. The van der Waals surface area contributed by atoms with E-state index in [4.69, 9.17) is 28.0 Å². The van der Waals surface area contributed by atoms with Crippen molar-refractivity contribution in [2.75, 3.05) is 52.4 Å². The third-order valence-electron chi connectivity index (χ3n) is 13.0. The van der Waals surface area contributed by atoms with Crippen molar-refractivity contribution >= 4 is 59.5 Å². The van der Waals surface area contributed by atoms with E-state index in [1.165, 1.54) is 19.8 Å². The van der Waals surface area contributed by atoms with E-state index in [9.17, 15) is 53.7 Å². The van der Waals surface area contributed by atoms with E-state index in [1.54, 1.807) is 60.7 Å². The molecule has 7 atom stereocenters. The minimum atomic E-state index is -1.62. The monoisotopic (exact) mass is 1060 g/mol. The molecule has 1 unspecified atom stereocenters. The Balaban J connectivity index is 1.20. The van der Waals surface area contributed by atoms with Gasteiger partial charge in [-0.25, -0.2) is 29.8 Å². The van der Waals surface area contributed by atoms with Gasteiger partial charge in [-0.05, 0) is 68.9 Å². The number of nitrogens with zero attached hydrogens (tertiary/aromatic N) is 5. The van der Waals surface area contributed by atoms with Crippen LogP contribution < -0.4 is 54.5 Å². The van der Waals surface area contributed by atoms with Crippen LogP contribution in [-0.4, -0.2) is 195 Å². The summed E-state index contributed by atoms with van der Waals surface area (Å²) in [4.78, 5) is 111.